The summed E-state index contributed by atoms with van der Waals surface area (Å²) in [4.78, 5) is 12.7. The number of nitrogens with zero attached hydrogens (tertiary/aromatic N) is 1. The van der Waals surface area contributed by atoms with Gasteiger partial charge >= 0.3 is 5.97 Å². The largest absolute Gasteiger partial charge is 0.478 e. The summed E-state index contributed by atoms with van der Waals surface area (Å²) in [6, 6.07) is 13.3. The maximum absolute atomic E-state index is 13.8. The van der Waals surface area contributed by atoms with E-state index in [2.05, 4.69) is 0 Å². The highest BCUT2D eigenvalue weighted by atomic mass is 19.1. The van der Waals surface area contributed by atoms with E-state index in [0.29, 0.717) is 18.8 Å². The number of benzene rings is 2. The lowest BCUT2D eigenvalue weighted by Gasteiger charge is -2.23. The molecule has 0 bridgehead atoms. The zero-order valence-corrected chi connectivity index (χ0v) is 11.2. The molecule has 0 aromatic heterocycles. The maximum Gasteiger partial charge on any atom is 0.335 e. The Morgan fingerprint density at radius 1 is 1.15 bits per heavy atom. The third-order valence-corrected chi connectivity index (χ3v) is 3.15. The standard InChI is InChI=1S/C16H16FNO2/c1-2-18(15-6-4-3-5-14(15)17)11-12-7-9-13(10-8-12)16(19)20/h3-10H,2,11H2,1H3,(H,19,20). The van der Waals surface area contributed by atoms with Gasteiger partial charge in [-0.05, 0) is 36.8 Å². The molecule has 2 aromatic carbocycles. The molecule has 0 fully saturated rings. The fourth-order valence-electron chi connectivity index (χ4n) is 2.05. The van der Waals surface area contributed by atoms with Gasteiger partial charge in [-0.1, -0.05) is 24.3 Å². The van der Waals surface area contributed by atoms with E-state index in [0.717, 1.165) is 5.56 Å². The molecule has 0 aliphatic heterocycles. The molecule has 0 spiro atoms. The quantitative estimate of drug-likeness (QED) is 0.905. The molecule has 0 unspecified atom stereocenters. The van der Waals surface area contributed by atoms with Gasteiger partial charge in [-0.2, -0.15) is 0 Å². The number of carboxylic acids is 1. The van der Waals surface area contributed by atoms with Crippen LogP contribution in [0.1, 0.15) is 22.8 Å². The second-order valence-corrected chi connectivity index (χ2v) is 4.47. The zero-order chi connectivity index (χ0) is 14.5. The molecule has 0 heterocycles. The summed E-state index contributed by atoms with van der Waals surface area (Å²) in [6.07, 6.45) is 0. The van der Waals surface area contributed by atoms with Crippen molar-refractivity contribution in [3.8, 4) is 0 Å². The van der Waals surface area contributed by atoms with Gasteiger partial charge in [-0.25, -0.2) is 9.18 Å². The number of para-hydroxylation sites is 1. The van der Waals surface area contributed by atoms with Crippen LogP contribution in [-0.2, 0) is 6.54 Å². The van der Waals surface area contributed by atoms with Gasteiger partial charge in [0.15, 0.2) is 0 Å². The van der Waals surface area contributed by atoms with E-state index in [9.17, 15) is 9.18 Å². The van der Waals surface area contributed by atoms with Crippen LogP contribution in [0.4, 0.5) is 10.1 Å². The van der Waals surface area contributed by atoms with Crippen molar-refractivity contribution < 1.29 is 14.3 Å². The molecule has 0 atom stereocenters. The SMILES string of the molecule is CCN(Cc1ccc(C(=O)O)cc1)c1ccccc1F. The van der Waals surface area contributed by atoms with Gasteiger partial charge in [-0.15, -0.1) is 0 Å². The molecule has 3 nitrogen and oxygen atoms in total. The predicted octanol–water partition coefficient (Wildman–Crippen LogP) is 3.55. The number of hydrogen-bond donors (Lipinski definition) is 1. The van der Waals surface area contributed by atoms with E-state index >= 15 is 0 Å². The third kappa shape index (κ3) is 3.15. The summed E-state index contributed by atoms with van der Waals surface area (Å²) < 4.78 is 13.8. The lowest BCUT2D eigenvalue weighted by Crippen LogP contribution is -2.23. The smallest absolute Gasteiger partial charge is 0.335 e. The molecule has 104 valence electrons. The van der Waals surface area contributed by atoms with Crippen molar-refractivity contribution in [3.05, 3.63) is 65.5 Å². The molecule has 2 rings (SSSR count). The Balaban J connectivity index is 2.18. The molecule has 20 heavy (non-hydrogen) atoms. The van der Waals surface area contributed by atoms with E-state index in [4.69, 9.17) is 5.11 Å². The molecule has 1 N–H and O–H groups in total. The minimum atomic E-state index is -0.946. The first-order valence-electron chi connectivity index (χ1n) is 6.43. The summed E-state index contributed by atoms with van der Waals surface area (Å²) in [5, 5.41) is 8.86. The lowest BCUT2D eigenvalue weighted by atomic mass is 10.1. The summed E-state index contributed by atoms with van der Waals surface area (Å²) in [6.45, 7) is 3.16. The van der Waals surface area contributed by atoms with Crippen LogP contribution >= 0.6 is 0 Å². The van der Waals surface area contributed by atoms with Gasteiger partial charge in [-0.3, -0.25) is 0 Å². The fraction of sp³-hybridized carbons (Fsp3) is 0.188. The molecule has 0 aliphatic rings. The first kappa shape index (κ1) is 14.1. The van der Waals surface area contributed by atoms with Gasteiger partial charge in [0, 0.05) is 13.1 Å². The predicted molar refractivity (Wildman–Crippen MR) is 76.5 cm³/mol. The lowest BCUT2D eigenvalue weighted by molar-refractivity contribution is 0.0697. The van der Waals surface area contributed by atoms with Gasteiger partial charge in [0.05, 0.1) is 11.3 Å². The van der Waals surface area contributed by atoms with Crippen molar-refractivity contribution in [1.29, 1.82) is 0 Å². The van der Waals surface area contributed by atoms with Crippen LogP contribution in [0.3, 0.4) is 0 Å². The minimum absolute atomic E-state index is 0.252. The number of aromatic carboxylic acids is 1. The Morgan fingerprint density at radius 2 is 1.80 bits per heavy atom. The first-order valence-corrected chi connectivity index (χ1v) is 6.43. The van der Waals surface area contributed by atoms with Crippen LogP contribution in [0.5, 0.6) is 0 Å². The molecule has 0 aliphatic carbocycles. The topological polar surface area (TPSA) is 40.5 Å². The summed E-state index contributed by atoms with van der Waals surface area (Å²) in [5.41, 5.74) is 1.75. The number of halogens is 1. The second-order valence-electron chi connectivity index (χ2n) is 4.47. The number of anilines is 1. The van der Waals surface area contributed by atoms with Crippen LogP contribution in [0, 0.1) is 5.82 Å². The third-order valence-electron chi connectivity index (χ3n) is 3.15. The van der Waals surface area contributed by atoms with Crippen molar-refractivity contribution in [2.45, 2.75) is 13.5 Å². The molecule has 4 heteroatoms. The molecule has 0 saturated heterocycles. The van der Waals surface area contributed by atoms with Gasteiger partial charge in [0.25, 0.3) is 0 Å². The Hall–Kier alpha value is -2.36. The zero-order valence-electron chi connectivity index (χ0n) is 11.2. The second kappa shape index (κ2) is 6.19. The monoisotopic (exact) mass is 273 g/mol. The number of carboxylic acid groups (broad SMARTS) is 1. The van der Waals surface area contributed by atoms with Gasteiger partial charge < -0.3 is 10.0 Å². The minimum Gasteiger partial charge on any atom is -0.478 e. The summed E-state index contributed by atoms with van der Waals surface area (Å²) in [7, 11) is 0. The average molecular weight is 273 g/mol. The number of rotatable bonds is 5. The van der Waals surface area contributed by atoms with Crippen LogP contribution < -0.4 is 4.90 Å². The van der Waals surface area contributed by atoms with Crippen molar-refractivity contribution in [3.63, 3.8) is 0 Å². The van der Waals surface area contributed by atoms with Crippen molar-refractivity contribution in [2.24, 2.45) is 0 Å². The van der Waals surface area contributed by atoms with Crippen molar-refractivity contribution in [1.82, 2.24) is 0 Å². The molecular weight excluding hydrogens is 257 g/mol. The molecular formula is C16H16FNO2. The molecule has 0 radical (unpaired) electrons. The van der Waals surface area contributed by atoms with Gasteiger partial charge in [0.1, 0.15) is 5.82 Å². The number of hydrogen-bond acceptors (Lipinski definition) is 2. The van der Waals surface area contributed by atoms with Crippen LogP contribution in [0.2, 0.25) is 0 Å². The van der Waals surface area contributed by atoms with Crippen molar-refractivity contribution in [2.75, 3.05) is 11.4 Å². The highest BCUT2D eigenvalue weighted by molar-refractivity contribution is 5.87. The fourth-order valence-corrected chi connectivity index (χ4v) is 2.05. The molecule has 0 saturated carbocycles. The van der Waals surface area contributed by atoms with E-state index in [1.807, 2.05) is 11.8 Å². The Labute approximate surface area is 117 Å². The van der Waals surface area contributed by atoms with Crippen LogP contribution in [0.25, 0.3) is 0 Å². The van der Waals surface area contributed by atoms with Gasteiger partial charge in [0.2, 0.25) is 0 Å². The molecule has 2 aromatic rings. The highest BCUT2D eigenvalue weighted by Gasteiger charge is 2.10. The summed E-state index contributed by atoms with van der Waals surface area (Å²) >= 11 is 0. The van der Waals surface area contributed by atoms with Crippen LogP contribution in [0.15, 0.2) is 48.5 Å². The van der Waals surface area contributed by atoms with E-state index in [-0.39, 0.29) is 11.4 Å². The normalized spacial score (nSPS) is 10.3. The maximum atomic E-state index is 13.8. The van der Waals surface area contributed by atoms with E-state index in [1.165, 1.54) is 6.07 Å². The van der Waals surface area contributed by atoms with E-state index < -0.39 is 5.97 Å². The summed E-state index contributed by atoms with van der Waals surface area (Å²) in [5.74, 6) is -1.20. The first-order chi connectivity index (χ1) is 9.61. The Kier molecular flexibility index (Phi) is 4.35. The Morgan fingerprint density at radius 3 is 2.35 bits per heavy atom. The van der Waals surface area contributed by atoms with Crippen LogP contribution in [-0.4, -0.2) is 17.6 Å². The van der Waals surface area contributed by atoms with E-state index in [1.54, 1.807) is 42.5 Å². The van der Waals surface area contributed by atoms with Crippen molar-refractivity contribution >= 4 is 11.7 Å². The Bertz CT molecular complexity index is 596. The highest BCUT2D eigenvalue weighted by Crippen LogP contribution is 2.20. The average Bonchev–Trinajstić information content (AvgIpc) is 2.46. The molecule has 0 amide bonds. The number of carbonyl (C=O) groups is 1.